The maximum atomic E-state index is 12.1. The number of hydrogen-bond acceptors (Lipinski definition) is 4. The van der Waals surface area contributed by atoms with Gasteiger partial charge in [0.2, 0.25) is 10.0 Å². The molecule has 5 nitrogen and oxygen atoms in total. The lowest BCUT2D eigenvalue weighted by Crippen LogP contribution is -2.39. The third-order valence-corrected chi connectivity index (χ3v) is 4.17. The molecule has 0 aliphatic heterocycles. The Balaban J connectivity index is 2.94. The number of nitrogen functional groups attached to an aromatic ring is 1. The zero-order chi connectivity index (χ0) is 14.0. The third-order valence-electron chi connectivity index (χ3n) is 2.70. The van der Waals surface area contributed by atoms with Gasteiger partial charge in [-0.15, -0.1) is 0 Å². The first-order valence-corrected chi connectivity index (χ1v) is 7.07. The van der Waals surface area contributed by atoms with E-state index in [0.717, 1.165) is 5.56 Å². The van der Waals surface area contributed by atoms with Crippen LogP contribution in [0.5, 0.6) is 0 Å². The predicted octanol–water partition coefficient (Wildman–Crippen LogP) is 1.28. The predicted molar refractivity (Wildman–Crippen MR) is 71.9 cm³/mol. The second-order valence-corrected chi connectivity index (χ2v) is 6.57. The molecule has 0 fully saturated rings. The quantitative estimate of drug-likeness (QED) is 0.791. The number of nitrogens with one attached hydrogen (secondary N) is 1. The molecule has 0 unspecified atom stereocenters. The van der Waals surface area contributed by atoms with Gasteiger partial charge in [0.25, 0.3) is 0 Å². The first-order chi connectivity index (χ1) is 8.18. The van der Waals surface area contributed by atoms with Crippen LogP contribution in [0.1, 0.15) is 19.4 Å². The summed E-state index contributed by atoms with van der Waals surface area (Å²) in [4.78, 5) is 0.0972. The molecule has 0 atom stereocenters. The summed E-state index contributed by atoms with van der Waals surface area (Å²) in [6.07, 6.45) is 0. The van der Waals surface area contributed by atoms with Gasteiger partial charge in [-0.3, -0.25) is 0 Å². The van der Waals surface area contributed by atoms with E-state index >= 15 is 0 Å². The molecule has 0 bridgehead atoms. The highest BCUT2D eigenvalue weighted by Gasteiger charge is 2.23. The molecule has 0 heterocycles. The standard InChI is InChI=1S/C12H20N2O3S/c1-9-5-6-11(10(13)7-9)18(15,16)14-8-12(2,3)17-4/h5-7,14H,8,13H2,1-4H3. The average Bonchev–Trinajstić information content (AvgIpc) is 2.26. The van der Waals surface area contributed by atoms with Gasteiger partial charge >= 0.3 is 0 Å². The average molecular weight is 272 g/mol. The molecule has 0 amide bonds. The Morgan fingerprint density at radius 2 is 2.00 bits per heavy atom. The van der Waals surface area contributed by atoms with Crippen LogP contribution in [0.3, 0.4) is 0 Å². The summed E-state index contributed by atoms with van der Waals surface area (Å²) < 4.78 is 31.8. The van der Waals surface area contributed by atoms with Gasteiger partial charge in [-0.05, 0) is 38.5 Å². The number of benzene rings is 1. The summed E-state index contributed by atoms with van der Waals surface area (Å²) in [7, 11) is -2.07. The Kier molecular flexibility index (Phi) is 4.37. The largest absolute Gasteiger partial charge is 0.398 e. The van der Waals surface area contributed by atoms with Gasteiger partial charge in [0.1, 0.15) is 4.90 Å². The van der Waals surface area contributed by atoms with Crippen LogP contribution in [0.4, 0.5) is 5.69 Å². The Morgan fingerprint density at radius 3 is 2.50 bits per heavy atom. The van der Waals surface area contributed by atoms with Gasteiger partial charge in [0, 0.05) is 13.7 Å². The molecule has 0 spiro atoms. The summed E-state index contributed by atoms with van der Waals surface area (Å²) in [5.74, 6) is 0. The van der Waals surface area contributed by atoms with Crippen LogP contribution in [0.15, 0.2) is 23.1 Å². The number of aryl methyl sites for hydroxylation is 1. The van der Waals surface area contributed by atoms with Crippen molar-refractivity contribution in [1.29, 1.82) is 0 Å². The lowest BCUT2D eigenvalue weighted by atomic mass is 10.1. The minimum absolute atomic E-state index is 0.0972. The number of ether oxygens (including phenoxy) is 1. The second kappa shape index (κ2) is 5.26. The highest BCUT2D eigenvalue weighted by Crippen LogP contribution is 2.19. The molecular weight excluding hydrogens is 252 g/mol. The van der Waals surface area contributed by atoms with Crippen LogP contribution in [-0.2, 0) is 14.8 Å². The first-order valence-electron chi connectivity index (χ1n) is 5.59. The molecular formula is C12H20N2O3S. The smallest absolute Gasteiger partial charge is 0.242 e. The topological polar surface area (TPSA) is 81.4 Å². The zero-order valence-corrected chi connectivity index (χ0v) is 12.0. The minimum Gasteiger partial charge on any atom is -0.398 e. The van der Waals surface area contributed by atoms with E-state index in [1.165, 1.54) is 13.2 Å². The van der Waals surface area contributed by atoms with E-state index < -0.39 is 15.6 Å². The van der Waals surface area contributed by atoms with E-state index in [1.807, 2.05) is 6.92 Å². The fourth-order valence-electron chi connectivity index (χ4n) is 1.33. The molecule has 102 valence electrons. The van der Waals surface area contributed by atoms with Crippen molar-refractivity contribution in [3.63, 3.8) is 0 Å². The number of anilines is 1. The van der Waals surface area contributed by atoms with Crippen molar-refractivity contribution in [2.45, 2.75) is 31.3 Å². The lowest BCUT2D eigenvalue weighted by Gasteiger charge is -2.23. The summed E-state index contributed by atoms with van der Waals surface area (Å²) in [6, 6.07) is 4.86. The SMILES string of the molecule is COC(C)(C)CNS(=O)(=O)c1ccc(C)cc1N. The fourth-order valence-corrected chi connectivity index (χ4v) is 2.64. The van der Waals surface area contributed by atoms with Gasteiger partial charge in [0.15, 0.2) is 0 Å². The first kappa shape index (κ1) is 14.9. The van der Waals surface area contributed by atoms with Crippen LogP contribution in [-0.4, -0.2) is 27.7 Å². The minimum atomic E-state index is -3.61. The van der Waals surface area contributed by atoms with Crippen LogP contribution in [0.2, 0.25) is 0 Å². The third kappa shape index (κ3) is 3.69. The molecule has 6 heteroatoms. The molecule has 0 aliphatic carbocycles. The van der Waals surface area contributed by atoms with E-state index in [1.54, 1.807) is 26.0 Å². The Morgan fingerprint density at radius 1 is 1.39 bits per heavy atom. The van der Waals surface area contributed by atoms with E-state index in [9.17, 15) is 8.42 Å². The summed E-state index contributed by atoms with van der Waals surface area (Å²) in [6.45, 7) is 5.63. The van der Waals surface area contributed by atoms with Crippen molar-refractivity contribution in [3.8, 4) is 0 Å². The fraction of sp³-hybridized carbons (Fsp3) is 0.500. The van der Waals surface area contributed by atoms with E-state index in [4.69, 9.17) is 10.5 Å². The highest BCUT2D eigenvalue weighted by molar-refractivity contribution is 7.89. The molecule has 1 rings (SSSR count). The van der Waals surface area contributed by atoms with Crippen molar-refractivity contribution in [3.05, 3.63) is 23.8 Å². The van der Waals surface area contributed by atoms with Crippen LogP contribution in [0.25, 0.3) is 0 Å². The van der Waals surface area contributed by atoms with Gasteiger partial charge in [0.05, 0.1) is 11.3 Å². The van der Waals surface area contributed by atoms with Gasteiger partial charge < -0.3 is 10.5 Å². The van der Waals surface area contributed by atoms with E-state index in [0.29, 0.717) is 0 Å². The van der Waals surface area contributed by atoms with Crippen molar-refractivity contribution < 1.29 is 13.2 Å². The van der Waals surface area contributed by atoms with Crippen molar-refractivity contribution >= 4 is 15.7 Å². The molecule has 0 saturated heterocycles. The van der Waals surface area contributed by atoms with Crippen LogP contribution >= 0.6 is 0 Å². The van der Waals surface area contributed by atoms with Crippen LogP contribution in [0, 0.1) is 6.92 Å². The maximum Gasteiger partial charge on any atom is 0.242 e. The van der Waals surface area contributed by atoms with Gasteiger partial charge in [-0.2, -0.15) is 0 Å². The van der Waals surface area contributed by atoms with E-state index in [2.05, 4.69) is 4.72 Å². The van der Waals surface area contributed by atoms with Crippen molar-refractivity contribution in [2.24, 2.45) is 0 Å². The molecule has 3 N–H and O–H groups in total. The normalized spacial score (nSPS) is 12.7. The number of sulfonamides is 1. The molecule has 0 saturated carbocycles. The second-order valence-electron chi connectivity index (χ2n) is 4.83. The van der Waals surface area contributed by atoms with Gasteiger partial charge in [-0.25, -0.2) is 13.1 Å². The summed E-state index contributed by atoms with van der Waals surface area (Å²) in [5.41, 5.74) is 6.33. The number of rotatable bonds is 5. The van der Waals surface area contributed by atoms with Crippen molar-refractivity contribution in [2.75, 3.05) is 19.4 Å². The van der Waals surface area contributed by atoms with Crippen LogP contribution < -0.4 is 10.5 Å². The molecule has 1 aromatic rings. The highest BCUT2D eigenvalue weighted by atomic mass is 32.2. The molecule has 0 radical (unpaired) electrons. The summed E-state index contributed by atoms with van der Waals surface area (Å²) >= 11 is 0. The number of methoxy groups -OCH3 is 1. The molecule has 1 aromatic carbocycles. The maximum absolute atomic E-state index is 12.1. The zero-order valence-electron chi connectivity index (χ0n) is 11.1. The lowest BCUT2D eigenvalue weighted by molar-refractivity contribution is 0.0276. The number of hydrogen-bond donors (Lipinski definition) is 2. The summed E-state index contributed by atoms with van der Waals surface area (Å²) in [5, 5.41) is 0. The van der Waals surface area contributed by atoms with Crippen molar-refractivity contribution in [1.82, 2.24) is 4.72 Å². The molecule has 18 heavy (non-hydrogen) atoms. The Hall–Kier alpha value is -1.11. The number of nitrogens with two attached hydrogens (primary N) is 1. The monoisotopic (exact) mass is 272 g/mol. The van der Waals surface area contributed by atoms with E-state index in [-0.39, 0.29) is 17.1 Å². The Labute approximate surface area is 108 Å². The molecule has 0 aliphatic rings. The molecule has 0 aromatic heterocycles. The Bertz CT molecular complexity index is 524. The van der Waals surface area contributed by atoms with Gasteiger partial charge in [-0.1, -0.05) is 6.07 Å².